The fourth-order valence-corrected chi connectivity index (χ4v) is 13.2. The molecule has 0 atom stereocenters. The zero-order chi connectivity index (χ0) is 39.1. The lowest BCUT2D eigenvalue weighted by atomic mass is 9.95. The zero-order valence-corrected chi connectivity index (χ0v) is 33.5. The number of fused-ring (bicyclic) bond motifs is 12. The fraction of sp³-hybridized carbons (Fsp3) is 0. The normalized spacial score (nSPS) is 12.1. The molecule has 5 heteroatoms. The van der Waals surface area contributed by atoms with Crippen LogP contribution in [-0.2, 0) is 11.8 Å². The van der Waals surface area contributed by atoms with Crippen LogP contribution in [0.5, 0.6) is 0 Å². The highest BCUT2D eigenvalue weighted by Gasteiger charge is 2.29. The van der Waals surface area contributed by atoms with Crippen molar-refractivity contribution in [2.45, 2.75) is 0 Å². The summed E-state index contributed by atoms with van der Waals surface area (Å²) in [5, 5.41) is 12.9. The van der Waals surface area contributed by atoms with Crippen molar-refractivity contribution in [2.75, 3.05) is 0 Å². The van der Waals surface area contributed by atoms with E-state index in [2.05, 4.69) is 211 Å². The van der Waals surface area contributed by atoms with Crippen molar-refractivity contribution >= 4 is 105 Å². The Hall–Kier alpha value is -6.97. The second kappa shape index (κ2) is 13.3. The summed E-state index contributed by atoms with van der Waals surface area (Å²) in [4.78, 5) is 10.8. The molecule has 3 heterocycles. The summed E-state index contributed by atoms with van der Waals surface area (Å²) in [5.41, 5.74) is 9.67. The first-order valence-electron chi connectivity index (χ1n) is 19.9. The molecule has 0 saturated heterocycles. The number of hydrogen-bond donors (Lipinski definition) is 0. The van der Waals surface area contributed by atoms with Crippen LogP contribution in [0, 0.1) is 0 Å². The topological polar surface area (TPSA) is 30.2 Å². The largest absolute Gasteiger partial charge is 0.292 e. The Morgan fingerprint density at radius 1 is 0.424 bits per heavy atom. The van der Waals surface area contributed by atoms with Crippen molar-refractivity contribution < 1.29 is 0 Å². The van der Waals surface area contributed by atoms with Gasteiger partial charge in [-0.1, -0.05) is 188 Å². The summed E-state index contributed by atoms with van der Waals surface area (Å²) in [6.07, 6.45) is 2.06. The van der Waals surface area contributed by atoms with Gasteiger partial charge in [0.1, 0.15) is 5.65 Å². The molecule has 0 saturated carbocycles. The van der Waals surface area contributed by atoms with Gasteiger partial charge in [0.15, 0.2) is 0 Å². The van der Waals surface area contributed by atoms with Crippen LogP contribution in [0.25, 0.3) is 92.9 Å². The van der Waals surface area contributed by atoms with E-state index in [1.165, 1.54) is 38.1 Å². The second-order valence-electron chi connectivity index (χ2n) is 15.3. The lowest BCUT2D eigenvalue weighted by Gasteiger charge is -2.25. The summed E-state index contributed by atoms with van der Waals surface area (Å²) < 4.78 is 2.38. The molecule has 0 N–H and O–H groups in total. The van der Waals surface area contributed by atoms with E-state index >= 15 is 0 Å². The molecule has 0 spiro atoms. The van der Waals surface area contributed by atoms with Crippen molar-refractivity contribution in [1.82, 2.24) is 14.4 Å². The van der Waals surface area contributed by atoms with E-state index in [1.807, 2.05) is 0 Å². The number of aromatic nitrogens is 3. The maximum absolute atomic E-state index is 6.82. The van der Waals surface area contributed by atoms with Crippen molar-refractivity contribution in [3.05, 3.63) is 206 Å². The van der Waals surface area contributed by atoms with Gasteiger partial charge >= 0.3 is 0 Å². The summed E-state index contributed by atoms with van der Waals surface area (Å²) >= 11 is 6.82. The number of benzene rings is 9. The molecule has 0 radical (unpaired) electrons. The molecule has 0 amide bonds. The minimum atomic E-state index is -2.50. The Labute approximate surface area is 345 Å². The minimum Gasteiger partial charge on any atom is -0.292 e. The predicted molar refractivity (Wildman–Crippen MR) is 255 cm³/mol. The zero-order valence-electron chi connectivity index (χ0n) is 31.8. The first-order valence-corrected chi connectivity index (χ1v) is 22.7. The number of rotatable bonds is 5. The van der Waals surface area contributed by atoms with Gasteiger partial charge in [-0.15, -0.1) is 0 Å². The number of hydrogen-bond acceptors (Lipinski definition) is 3. The molecule has 12 rings (SSSR count). The van der Waals surface area contributed by atoms with Gasteiger partial charge in [0, 0.05) is 27.9 Å². The van der Waals surface area contributed by atoms with E-state index in [0.29, 0.717) is 0 Å². The fourth-order valence-electron chi connectivity index (χ4n) is 9.31. The summed E-state index contributed by atoms with van der Waals surface area (Å²) in [7, 11) is 0. The van der Waals surface area contributed by atoms with Crippen molar-refractivity contribution in [3.8, 4) is 22.3 Å². The Kier molecular flexibility index (Phi) is 7.68. The van der Waals surface area contributed by atoms with Crippen LogP contribution in [0.4, 0.5) is 0 Å². The monoisotopic (exact) mass is 787 g/mol. The van der Waals surface area contributed by atoms with Crippen LogP contribution >= 0.6 is 6.04 Å². The van der Waals surface area contributed by atoms with Crippen molar-refractivity contribution in [3.63, 3.8) is 0 Å². The standard InChI is InChI=1S/C54H34N3PS/c59-58(39-17-3-1-4-18-39,40-19-5-2-6-20-40)54-46-24-12-11-23-44(46)48(34-55-54)37-28-31-50-47(32-37)45-29-26-36-15-8-10-22-43(36)52(45)53-56-49-30-27-38(33-51(49)57(50)53)42-25-13-16-35-14-7-9-21-41(35)42/h1-34H. The molecule has 0 aliphatic rings. The number of nitrogens with zero attached hydrogens (tertiary/aromatic N) is 3. The minimum absolute atomic E-state index is 0.964. The van der Waals surface area contributed by atoms with Crippen LogP contribution in [0.3, 0.4) is 0 Å². The van der Waals surface area contributed by atoms with E-state index in [9.17, 15) is 0 Å². The lowest BCUT2D eigenvalue weighted by molar-refractivity contribution is 1.32. The first-order chi connectivity index (χ1) is 29.1. The molecule has 276 valence electrons. The molecule has 0 aliphatic carbocycles. The third kappa shape index (κ3) is 5.17. The molecule has 0 bridgehead atoms. The number of imidazole rings is 1. The van der Waals surface area contributed by atoms with E-state index in [-0.39, 0.29) is 0 Å². The molecule has 3 aromatic heterocycles. The van der Waals surface area contributed by atoms with Crippen LogP contribution in [0.1, 0.15) is 0 Å². The van der Waals surface area contributed by atoms with Gasteiger partial charge in [-0.2, -0.15) is 0 Å². The Morgan fingerprint density at radius 2 is 1.03 bits per heavy atom. The van der Waals surface area contributed by atoms with Gasteiger partial charge < -0.3 is 0 Å². The second-order valence-corrected chi connectivity index (χ2v) is 19.6. The van der Waals surface area contributed by atoms with Crippen LogP contribution in [-0.4, -0.2) is 14.4 Å². The molecule has 9 aromatic carbocycles. The Morgan fingerprint density at radius 3 is 1.80 bits per heavy atom. The average Bonchev–Trinajstić information content (AvgIpc) is 3.70. The van der Waals surface area contributed by atoms with E-state index in [0.717, 1.165) is 70.9 Å². The third-order valence-corrected chi connectivity index (χ3v) is 16.8. The third-order valence-electron chi connectivity index (χ3n) is 12.1. The van der Waals surface area contributed by atoms with E-state index in [4.69, 9.17) is 21.8 Å². The van der Waals surface area contributed by atoms with Crippen LogP contribution in [0.15, 0.2) is 206 Å². The number of pyridine rings is 2. The maximum Gasteiger partial charge on any atom is 0.147 e. The molecule has 3 nitrogen and oxygen atoms in total. The molecule has 59 heavy (non-hydrogen) atoms. The van der Waals surface area contributed by atoms with E-state index in [1.54, 1.807) is 0 Å². The van der Waals surface area contributed by atoms with Gasteiger partial charge in [-0.3, -0.25) is 9.38 Å². The van der Waals surface area contributed by atoms with Crippen molar-refractivity contribution in [1.29, 1.82) is 0 Å². The molecule has 0 aliphatic heterocycles. The predicted octanol–water partition coefficient (Wildman–Crippen LogP) is 12.7. The molecular weight excluding hydrogens is 754 g/mol. The molecule has 0 fully saturated rings. The van der Waals surface area contributed by atoms with Crippen LogP contribution < -0.4 is 16.0 Å². The average molecular weight is 788 g/mol. The highest BCUT2D eigenvalue weighted by Crippen LogP contribution is 2.46. The quantitative estimate of drug-likeness (QED) is 0.129. The summed E-state index contributed by atoms with van der Waals surface area (Å²) in [5.74, 6) is 0. The molecule has 12 aromatic rings. The van der Waals surface area contributed by atoms with Crippen molar-refractivity contribution in [2.24, 2.45) is 0 Å². The summed E-state index contributed by atoms with van der Waals surface area (Å²) in [6, 6.07) is 69.3. The molecular formula is C54H34N3PS. The Bertz CT molecular complexity index is 3660. The smallest absolute Gasteiger partial charge is 0.147 e. The highest BCUT2D eigenvalue weighted by atomic mass is 32.4. The highest BCUT2D eigenvalue weighted by molar-refractivity contribution is 8.25. The Balaban J connectivity index is 1.13. The van der Waals surface area contributed by atoms with E-state index < -0.39 is 6.04 Å². The molecule has 0 unspecified atom stereocenters. The van der Waals surface area contributed by atoms with Gasteiger partial charge in [0.25, 0.3) is 0 Å². The SMILES string of the molecule is S=P(c1ccccc1)(c1ccccc1)c1ncc(-c2ccc3c(c2)c2ccc4ccccc4c2c2nc4ccc(-c5cccc6ccccc56)cc4n32)c2ccccc12. The first kappa shape index (κ1) is 34.1. The van der Waals surface area contributed by atoms with Crippen LogP contribution in [0.2, 0.25) is 0 Å². The van der Waals surface area contributed by atoms with Gasteiger partial charge in [0.05, 0.1) is 28.0 Å². The van der Waals surface area contributed by atoms with Gasteiger partial charge in [-0.25, -0.2) is 4.98 Å². The van der Waals surface area contributed by atoms with Gasteiger partial charge in [0.2, 0.25) is 0 Å². The lowest BCUT2D eigenvalue weighted by Crippen LogP contribution is -2.27. The summed E-state index contributed by atoms with van der Waals surface area (Å²) in [6.45, 7) is 0. The van der Waals surface area contributed by atoms with Gasteiger partial charge in [-0.05, 0) is 83.9 Å². The maximum atomic E-state index is 6.82.